The fourth-order valence-electron chi connectivity index (χ4n) is 4.40. The van der Waals surface area contributed by atoms with E-state index >= 15 is 0 Å². The van der Waals surface area contributed by atoms with Crippen molar-refractivity contribution in [2.75, 3.05) is 25.0 Å². The molecule has 6 nitrogen and oxygen atoms in total. The van der Waals surface area contributed by atoms with Crippen LogP contribution in [0.15, 0.2) is 42.5 Å². The molecular formula is C23H27ClN2O4. The van der Waals surface area contributed by atoms with Gasteiger partial charge in [-0.2, -0.15) is 0 Å². The summed E-state index contributed by atoms with van der Waals surface area (Å²) in [4.78, 5) is 13.4. The number of piperidine rings is 1. The van der Waals surface area contributed by atoms with Gasteiger partial charge in [-0.15, -0.1) is 0 Å². The van der Waals surface area contributed by atoms with Crippen molar-refractivity contribution in [1.82, 2.24) is 4.90 Å². The number of hydrogen-bond donors (Lipinski definition) is 3. The van der Waals surface area contributed by atoms with Crippen molar-refractivity contribution in [3.05, 3.63) is 58.6 Å². The molecule has 30 heavy (non-hydrogen) atoms. The van der Waals surface area contributed by atoms with Gasteiger partial charge in [0.2, 0.25) is 5.91 Å². The van der Waals surface area contributed by atoms with Crippen LogP contribution in [0.5, 0.6) is 5.75 Å². The summed E-state index contributed by atoms with van der Waals surface area (Å²) in [5.41, 5.74) is 1.92. The van der Waals surface area contributed by atoms with Crippen molar-refractivity contribution in [2.45, 2.75) is 44.0 Å². The lowest BCUT2D eigenvalue weighted by atomic mass is 9.81. The summed E-state index contributed by atoms with van der Waals surface area (Å²) in [6, 6.07) is 12.7. The number of fused-ring (bicyclic) bond motifs is 1. The number of carbonyl (C=O) groups is 1. The summed E-state index contributed by atoms with van der Waals surface area (Å²) in [5.74, 6) is 0.595. The maximum absolute atomic E-state index is 11.1. The highest BCUT2D eigenvalue weighted by molar-refractivity contribution is 6.30. The first-order chi connectivity index (χ1) is 14.3. The van der Waals surface area contributed by atoms with Gasteiger partial charge in [0, 0.05) is 49.3 Å². The van der Waals surface area contributed by atoms with E-state index in [1.165, 1.54) is 6.92 Å². The highest BCUT2D eigenvalue weighted by atomic mass is 35.5. The fraction of sp³-hybridized carbons (Fsp3) is 0.435. The number of ether oxygens (including phenoxy) is 1. The summed E-state index contributed by atoms with van der Waals surface area (Å²) in [7, 11) is 0. The van der Waals surface area contributed by atoms with E-state index < -0.39 is 12.2 Å². The van der Waals surface area contributed by atoms with Crippen molar-refractivity contribution in [2.24, 2.45) is 0 Å². The number of hydrogen-bond acceptors (Lipinski definition) is 5. The molecule has 2 heterocycles. The number of nitrogens with one attached hydrogen (secondary N) is 1. The first-order valence-corrected chi connectivity index (χ1v) is 10.7. The second-order valence-corrected chi connectivity index (χ2v) is 8.74. The van der Waals surface area contributed by atoms with Crippen LogP contribution in [0.25, 0.3) is 0 Å². The van der Waals surface area contributed by atoms with Gasteiger partial charge < -0.3 is 25.2 Å². The lowest BCUT2D eigenvalue weighted by molar-refractivity contribution is -0.114. The zero-order valence-electron chi connectivity index (χ0n) is 17.0. The first-order valence-electron chi connectivity index (χ1n) is 10.3. The number of nitrogens with zero attached hydrogens (tertiary/aromatic N) is 1. The van der Waals surface area contributed by atoms with Crippen LogP contribution in [0.4, 0.5) is 5.69 Å². The predicted molar refractivity (Wildman–Crippen MR) is 116 cm³/mol. The number of likely N-dealkylation sites (tertiary alicyclic amines) is 1. The Labute approximate surface area is 181 Å². The highest BCUT2D eigenvalue weighted by Gasteiger charge is 2.43. The van der Waals surface area contributed by atoms with Gasteiger partial charge in [-0.1, -0.05) is 23.7 Å². The number of β-amino-alcohol motifs (C(OH)–C–C–N with tert-alkyl or cyclic N) is 1. The number of aliphatic hydroxyl groups excluding tert-OH is 2. The SMILES string of the molecule is CC(=O)Nc1ccc(C(O)CN2CCC3(CC2)CC(O)c2cc(Cl)ccc2O3)cc1. The quantitative estimate of drug-likeness (QED) is 0.689. The Balaban J connectivity index is 1.34. The third-order valence-electron chi connectivity index (χ3n) is 6.04. The molecule has 2 aliphatic heterocycles. The van der Waals surface area contributed by atoms with Crippen LogP contribution in [0.1, 0.15) is 49.5 Å². The third-order valence-corrected chi connectivity index (χ3v) is 6.27. The molecular weight excluding hydrogens is 404 g/mol. The van der Waals surface area contributed by atoms with E-state index in [1.54, 1.807) is 24.3 Å². The van der Waals surface area contributed by atoms with E-state index in [1.807, 2.05) is 18.2 Å². The van der Waals surface area contributed by atoms with Crippen molar-refractivity contribution in [3.8, 4) is 5.75 Å². The van der Waals surface area contributed by atoms with Gasteiger partial charge in [-0.25, -0.2) is 0 Å². The Morgan fingerprint density at radius 2 is 1.97 bits per heavy atom. The number of aliphatic hydroxyl groups is 2. The molecule has 1 amide bonds. The minimum atomic E-state index is -0.605. The van der Waals surface area contributed by atoms with Crippen LogP contribution in [0.2, 0.25) is 5.02 Å². The number of amides is 1. The summed E-state index contributed by atoms with van der Waals surface area (Å²) in [6.07, 6.45) is 0.958. The van der Waals surface area contributed by atoms with Crippen LogP contribution >= 0.6 is 11.6 Å². The zero-order valence-corrected chi connectivity index (χ0v) is 17.7. The van der Waals surface area contributed by atoms with Gasteiger partial charge in [0.15, 0.2) is 0 Å². The number of carbonyl (C=O) groups excluding carboxylic acids is 1. The molecule has 0 radical (unpaired) electrons. The van der Waals surface area contributed by atoms with Crippen molar-refractivity contribution in [1.29, 1.82) is 0 Å². The number of benzene rings is 2. The Kier molecular flexibility index (Phi) is 6.02. The summed E-state index contributed by atoms with van der Waals surface area (Å²) in [6.45, 7) is 3.58. The Morgan fingerprint density at radius 3 is 2.63 bits per heavy atom. The van der Waals surface area contributed by atoms with E-state index in [9.17, 15) is 15.0 Å². The molecule has 4 rings (SSSR count). The van der Waals surface area contributed by atoms with E-state index in [0.29, 0.717) is 29.4 Å². The molecule has 1 saturated heterocycles. The van der Waals surface area contributed by atoms with Gasteiger partial charge in [0.25, 0.3) is 0 Å². The molecule has 0 aromatic heterocycles. The smallest absolute Gasteiger partial charge is 0.221 e. The molecule has 160 valence electrons. The maximum Gasteiger partial charge on any atom is 0.221 e. The van der Waals surface area contributed by atoms with Gasteiger partial charge in [0.05, 0.1) is 12.2 Å². The molecule has 2 unspecified atom stereocenters. The molecule has 2 aromatic rings. The highest BCUT2D eigenvalue weighted by Crippen LogP contribution is 2.45. The van der Waals surface area contributed by atoms with E-state index in [-0.39, 0.29) is 11.5 Å². The van der Waals surface area contributed by atoms with Crippen LogP contribution in [-0.4, -0.2) is 46.3 Å². The molecule has 2 atom stereocenters. The molecule has 2 aliphatic rings. The fourth-order valence-corrected chi connectivity index (χ4v) is 4.58. The average Bonchev–Trinajstić information content (AvgIpc) is 2.71. The molecule has 0 aliphatic carbocycles. The molecule has 1 fully saturated rings. The Hall–Kier alpha value is -2.12. The monoisotopic (exact) mass is 430 g/mol. The summed E-state index contributed by atoms with van der Waals surface area (Å²) in [5, 5.41) is 24.6. The largest absolute Gasteiger partial charge is 0.487 e. The van der Waals surface area contributed by atoms with Gasteiger partial charge in [-0.3, -0.25) is 4.79 Å². The molecule has 2 aromatic carbocycles. The van der Waals surface area contributed by atoms with E-state index in [4.69, 9.17) is 16.3 Å². The standard InChI is InChI=1S/C23H27ClN2O4/c1-15(27)25-18-5-2-16(3-6-18)21(29)14-26-10-8-23(9-11-26)13-20(28)19-12-17(24)4-7-22(19)30-23/h2-7,12,20-21,28-29H,8-11,13-14H2,1H3,(H,25,27). The number of anilines is 1. The molecule has 1 spiro atoms. The lowest BCUT2D eigenvalue weighted by Gasteiger charge is -2.46. The minimum Gasteiger partial charge on any atom is -0.487 e. The minimum absolute atomic E-state index is 0.119. The third kappa shape index (κ3) is 4.62. The van der Waals surface area contributed by atoms with Crippen molar-refractivity contribution < 1.29 is 19.7 Å². The zero-order chi connectivity index (χ0) is 21.3. The van der Waals surface area contributed by atoms with Crippen molar-refractivity contribution in [3.63, 3.8) is 0 Å². The predicted octanol–water partition coefficient (Wildman–Crippen LogP) is 3.68. The molecule has 0 saturated carbocycles. The number of rotatable bonds is 4. The van der Waals surface area contributed by atoms with Crippen LogP contribution in [0, 0.1) is 0 Å². The molecule has 7 heteroatoms. The summed E-state index contributed by atoms with van der Waals surface area (Å²) < 4.78 is 6.33. The second-order valence-electron chi connectivity index (χ2n) is 8.31. The van der Waals surface area contributed by atoms with E-state index in [2.05, 4.69) is 10.2 Å². The summed E-state index contributed by atoms with van der Waals surface area (Å²) >= 11 is 6.05. The van der Waals surface area contributed by atoms with Gasteiger partial charge in [-0.05, 0) is 48.7 Å². The molecule has 0 bridgehead atoms. The normalized spacial score (nSPS) is 21.5. The van der Waals surface area contributed by atoms with Gasteiger partial charge >= 0.3 is 0 Å². The molecule has 3 N–H and O–H groups in total. The first kappa shape index (κ1) is 21.1. The maximum atomic E-state index is 11.1. The van der Waals surface area contributed by atoms with Crippen LogP contribution < -0.4 is 10.1 Å². The van der Waals surface area contributed by atoms with Crippen LogP contribution in [0.3, 0.4) is 0 Å². The van der Waals surface area contributed by atoms with Gasteiger partial charge in [0.1, 0.15) is 11.4 Å². The Bertz CT molecular complexity index is 910. The lowest BCUT2D eigenvalue weighted by Crippen LogP contribution is -2.51. The second kappa shape index (κ2) is 8.55. The topological polar surface area (TPSA) is 82.0 Å². The number of halogens is 1. The van der Waals surface area contributed by atoms with E-state index in [0.717, 1.165) is 37.1 Å². The average molecular weight is 431 g/mol. The Morgan fingerprint density at radius 1 is 1.27 bits per heavy atom. The van der Waals surface area contributed by atoms with Crippen molar-refractivity contribution >= 4 is 23.2 Å². The van der Waals surface area contributed by atoms with Crippen LogP contribution in [-0.2, 0) is 4.79 Å².